The number of hydrogen-bond acceptors (Lipinski definition) is 6. The van der Waals surface area contributed by atoms with Gasteiger partial charge in [-0.2, -0.15) is 0 Å². The molecule has 0 spiro atoms. The van der Waals surface area contributed by atoms with E-state index in [1.807, 2.05) is 26.0 Å². The van der Waals surface area contributed by atoms with Gasteiger partial charge in [0.15, 0.2) is 17.6 Å². The number of nitrogens with one attached hydrogen (secondary N) is 1. The van der Waals surface area contributed by atoms with Crippen LogP contribution in [-0.2, 0) is 14.3 Å². The fourth-order valence-electron chi connectivity index (χ4n) is 2.60. The summed E-state index contributed by atoms with van der Waals surface area (Å²) in [5.74, 6) is 0.510. The van der Waals surface area contributed by atoms with E-state index in [1.54, 1.807) is 25.1 Å². The molecule has 7 heteroatoms. The maximum Gasteiger partial charge on any atom is 0.317 e. The minimum absolute atomic E-state index is 0.144. The quantitative estimate of drug-likeness (QED) is 0.602. The Kier molecular flexibility index (Phi) is 5.91. The number of anilines is 1. The van der Waals surface area contributed by atoms with E-state index in [9.17, 15) is 9.59 Å². The SMILES string of the molecule is Cc1ccc(SCC(=O)O[C@@H](C)C(=O)Nc2ccc3c(c2)OCO3)c(C)c1. The van der Waals surface area contributed by atoms with E-state index in [0.29, 0.717) is 17.2 Å². The smallest absolute Gasteiger partial charge is 0.317 e. The summed E-state index contributed by atoms with van der Waals surface area (Å²) in [5, 5.41) is 2.71. The highest BCUT2D eigenvalue weighted by molar-refractivity contribution is 8.00. The Morgan fingerprint density at radius 1 is 1.15 bits per heavy atom. The van der Waals surface area contributed by atoms with E-state index in [0.717, 1.165) is 10.5 Å². The summed E-state index contributed by atoms with van der Waals surface area (Å²) in [6.07, 6.45) is -0.900. The molecule has 142 valence electrons. The van der Waals surface area contributed by atoms with Gasteiger partial charge in [0, 0.05) is 16.6 Å². The lowest BCUT2D eigenvalue weighted by Crippen LogP contribution is -2.30. The lowest BCUT2D eigenvalue weighted by atomic mass is 10.2. The van der Waals surface area contributed by atoms with Crippen LogP contribution in [0.2, 0.25) is 0 Å². The Labute approximate surface area is 162 Å². The second kappa shape index (κ2) is 8.35. The van der Waals surface area contributed by atoms with Crippen molar-refractivity contribution in [1.29, 1.82) is 0 Å². The van der Waals surface area contributed by atoms with E-state index in [1.165, 1.54) is 17.3 Å². The summed E-state index contributed by atoms with van der Waals surface area (Å²) < 4.78 is 15.7. The number of hydrogen-bond donors (Lipinski definition) is 1. The standard InChI is InChI=1S/C20H21NO5S/c1-12-4-7-18(13(2)8-12)27-10-19(22)26-14(3)20(23)21-15-5-6-16-17(9-15)25-11-24-16/h4-9,14H,10-11H2,1-3H3,(H,21,23)/t14-/m0/s1. The lowest BCUT2D eigenvalue weighted by Gasteiger charge is -2.14. The van der Waals surface area contributed by atoms with Crippen molar-refractivity contribution in [3.63, 3.8) is 0 Å². The van der Waals surface area contributed by atoms with Crippen LogP contribution in [0, 0.1) is 13.8 Å². The number of fused-ring (bicyclic) bond motifs is 1. The molecular formula is C20H21NO5S. The molecule has 0 saturated heterocycles. The molecule has 1 aliphatic rings. The number of rotatable bonds is 6. The van der Waals surface area contributed by atoms with Crippen molar-refractivity contribution >= 4 is 29.3 Å². The van der Waals surface area contributed by atoms with Gasteiger partial charge in [-0.3, -0.25) is 9.59 Å². The second-order valence-corrected chi connectivity index (χ2v) is 7.26. The first kappa shape index (κ1) is 19.1. The zero-order chi connectivity index (χ0) is 19.4. The molecule has 0 saturated carbocycles. The molecule has 0 aromatic heterocycles. The average Bonchev–Trinajstić information content (AvgIpc) is 3.08. The molecule has 1 heterocycles. The van der Waals surface area contributed by atoms with Crippen molar-refractivity contribution in [3.8, 4) is 11.5 Å². The summed E-state index contributed by atoms with van der Waals surface area (Å²) >= 11 is 1.40. The van der Waals surface area contributed by atoms with Crippen molar-refractivity contribution in [1.82, 2.24) is 0 Å². The average molecular weight is 387 g/mol. The minimum atomic E-state index is -0.900. The first-order valence-electron chi connectivity index (χ1n) is 8.52. The van der Waals surface area contributed by atoms with Gasteiger partial charge in [0.05, 0.1) is 5.75 Å². The first-order chi connectivity index (χ1) is 12.9. The van der Waals surface area contributed by atoms with Crippen LogP contribution in [0.5, 0.6) is 11.5 Å². The number of ether oxygens (including phenoxy) is 3. The predicted molar refractivity (Wildman–Crippen MR) is 103 cm³/mol. The normalized spacial score (nSPS) is 13.1. The Balaban J connectivity index is 1.49. The molecule has 0 radical (unpaired) electrons. The zero-order valence-electron chi connectivity index (χ0n) is 15.4. The molecule has 0 aliphatic carbocycles. The maximum atomic E-state index is 12.2. The van der Waals surface area contributed by atoms with Crippen molar-refractivity contribution < 1.29 is 23.8 Å². The fraction of sp³-hybridized carbons (Fsp3) is 0.300. The van der Waals surface area contributed by atoms with Crippen LogP contribution in [-0.4, -0.2) is 30.5 Å². The van der Waals surface area contributed by atoms with E-state index in [-0.39, 0.29) is 12.5 Å². The number of esters is 1. The highest BCUT2D eigenvalue weighted by Crippen LogP contribution is 2.34. The number of carbonyl (C=O) groups excluding carboxylic acids is 2. The summed E-state index contributed by atoms with van der Waals surface area (Å²) in [5.41, 5.74) is 2.84. The Hall–Kier alpha value is -2.67. The number of thioether (sulfide) groups is 1. The van der Waals surface area contributed by atoms with E-state index in [4.69, 9.17) is 14.2 Å². The monoisotopic (exact) mass is 387 g/mol. The largest absolute Gasteiger partial charge is 0.454 e. The van der Waals surface area contributed by atoms with E-state index >= 15 is 0 Å². The molecule has 2 aromatic carbocycles. The fourth-order valence-corrected chi connectivity index (χ4v) is 3.39. The molecule has 3 rings (SSSR count). The van der Waals surface area contributed by atoms with Crippen LogP contribution in [0.4, 0.5) is 5.69 Å². The molecular weight excluding hydrogens is 366 g/mol. The van der Waals surface area contributed by atoms with Gasteiger partial charge in [-0.1, -0.05) is 17.7 Å². The van der Waals surface area contributed by atoms with Gasteiger partial charge >= 0.3 is 5.97 Å². The van der Waals surface area contributed by atoms with Crippen molar-refractivity contribution in [2.75, 3.05) is 17.9 Å². The summed E-state index contributed by atoms with van der Waals surface area (Å²) in [6, 6.07) is 11.1. The molecule has 6 nitrogen and oxygen atoms in total. The van der Waals surface area contributed by atoms with E-state index in [2.05, 4.69) is 11.4 Å². The third-order valence-corrected chi connectivity index (χ3v) is 5.14. The third-order valence-electron chi connectivity index (χ3n) is 3.99. The molecule has 1 N–H and O–H groups in total. The van der Waals surface area contributed by atoms with Gasteiger partial charge < -0.3 is 19.5 Å². The van der Waals surface area contributed by atoms with Gasteiger partial charge in [-0.25, -0.2) is 0 Å². The summed E-state index contributed by atoms with van der Waals surface area (Å²) in [4.78, 5) is 25.3. The number of amides is 1. The molecule has 1 aliphatic heterocycles. The van der Waals surface area contributed by atoms with Crippen molar-refractivity contribution in [2.45, 2.75) is 31.8 Å². The van der Waals surface area contributed by atoms with Crippen LogP contribution < -0.4 is 14.8 Å². The summed E-state index contributed by atoms with van der Waals surface area (Å²) in [6.45, 7) is 5.74. The molecule has 0 bridgehead atoms. The van der Waals surface area contributed by atoms with Gasteiger partial charge in [-0.05, 0) is 44.5 Å². The van der Waals surface area contributed by atoms with Crippen LogP contribution >= 0.6 is 11.8 Å². The number of carbonyl (C=O) groups is 2. The first-order valence-corrected chi connectivity index (χ1v) is 9.51. The molecule has 1 amide bonds. The van der Waals surface area contributed by atoms with Gasteiger partial charge in [0.1, 0.15) is 0 Å². The molecule has 0 unspecified atom stereocenters. The van der Waals surface area contributed by atoms with Crippen LogP contribution in [0.25, 0.3) is 0 Å². The minimum Gasteiger partial charge on any atom is -0.454 e. The topological polar surface area (TPSA) is 73.9 Å². The highest BCUT2D eigenvalue weighted by atomic mass is 32.2. The molecule has 0 fully saturated rings. The molecule has 27 heavy (non-hydrogen) atoms. The Morgan fingerprint density at radius 2 is 1.93 bits per heavy atom. The highest BCUT2D eigenvalue weighted by Gasteiger charge is 2.20. The van der Waals surface area contributed by atoms with Gasteiger partial charge in [-0.15, -0.1) is 11.8 Å². The van der Waals surface area contributed by atoms with Crippen molar-refractivity contribution in [3.05, 3.63) is 47.5 Å². The van der Waals surface area contributed by atoms with Crippen LogP contribution in [0.1, 0.15) is 18.1 Å². The lowest BCUT2D eigenvalue weighted by molar-refractivity contribution is -0.150. The maximum absolute atomic E-state index is 12.2. The van der Waals surface area contributed by atoms with Crippen molar-refractivity contribution in [2.24, 2.45) is 0 Å². The second-order valence-electron chi connectivity index (χ2n) is 6.25. The summed E-state index contributed by atoms with van der Waals surface area (Å²) in [7, 11) is 0. The van der Waals surface area contributed by atoms with Crippen LogP contribution in [0.3, 0.4) is 0 Å². The van der Waals surface area contributed by atoms with Gasteiger partial charge in [0.2, 0.25) is 6.79 Å². The Morgan fingerprint density at radius 3 is 2.70 bits per heavy atom. The third kappa shape index (κ3) is 4.95. The van der Waals surface area contributed by atoms with Crippen LogP contribution in [0.15, 0.2) is 41.3 Å². The van der Waals surface area contributed by atoms with Gasteiger partial charge in [0.25, 0.3) is 5.91 Å². The van der Waals surface area contributed by atoms with E-state index < -0.39 is 18.0 Å². The Bertz CT molecular complexity index is 867. The zero-order valence-corrected chi connectivity index (χ0v) is 16.2. The predicted octanol–water partition coefficient (Wildman–Crippen LogP) is 3.69. The number of aryl methyl sites for hydroxylation is 2. The number of benzene rings is 2. The molecule has 1 atom stereocenters. The molecule has 2 aromatic rings.